The highest BCUT2D eigenvalue weighted by atomic mass is 32.2. The Bertz CT molecular complexity index is 1150. The van der Waals surface area contributed by atoms with Crippen LogP contribution in [-0.4, -0.2) is 26.4 Å². The summed E-state index contributed by atoms with van der Waals surface area (Å²) >= 11 is 1.33. The fourth-order valence-electron chi connectivity index (χ4n) is 3.02. The number of hydrogen-bond acceptors (Lipinski definition) is 6. The van der Waals surface area contributed by atoms with Gasteiger partial charge in [-0.05, 0) is 67.9 Å². The van der Waals surface area contributed by atoms with Crippen LogP contribution in [0.5, 0.6) is 11.5 Å². The van der Waals surface area contributed by atoms with E-state index in [1.807, 2.05) is 79.1 Å². The third kappa shape index (κ3) is 5.16. The smallest absolute Gasteiger partial charge is 0.234 e. The first kappa shape index (κ1) is 20.7. The van der Waals surface area contributed by atoms with Crippen LogP contribution in [0, 0.1) is 6.92 Å². The molecule has 8 heteroatoms. The van der Waals surface area contributed by atoms with Gasteiger partial charge in [0.15, 0.2) is 16.7 Å². The molecule has 0 radical (unpaired) electrons. The van der Waals surface area contributed by atoms with Gasteiger partial charge in [0, 0.05) is 12.2 Å². The molecule has 7 nitrogen and oxygen atoms in total. The molecular weight excluding hydrogens is 412 g/mol. The molecule has 0 spiro atoms. The minimum atomic E-state index is -0.123. The van der Waals surface area contributed by atoms with Gasteiger partial charge in [0.05, 0.1) is 12.0 Å². The molecule has 0 aliphatic rings. The summed E-state index contributed by atoms with van der Waals surface area (Å²) in [4.78, 5) is 12.4. The third-order valence-electron chi connectivity index (χ3n) is 4.47. The molecule has 0 saturated carbocycles. The minimum Gasteiger partial charge on any atom is -0.461 e. The summed E-state index contributed by atoms with van der Waals surface area (Å²) in [5, 5.41) is 12.0. The maximum Gasteiger partial charge on any atom is 0.234 e. The number of rotatable bonds is 8. The second-order valence-electron chi connectivity index (χ2n) is 6.81. The van der Waals surface area contributed by atoms with E-state index >= 15 is 0 Å². The first-order chi connectivity index (χ1) is 15.1. The van der Waals surface area contributed by atoms with Gasteiger partial charge in [-0.2, -0.15) is 0 Å². The van der Waals surface area contributed by atoms with Crippen molar-refractivity contribution in [3.05, 3.63) is 72.5 Å². The highest BCUT2D eigenvalue weighted by molar-refractivity contribution is 7.99. The van der Waals surface area contributed by atoms with E-state index in [-0.39, 0.29) is 11.7 Å². The van der Waals surface area contributed by atoms with Crippen LogP contribution in [0.2, 0.25) is 0 Å². The molecule has 0 aliphatic carbocycles. The number of carbonyl (C=O) groups is 1. The molecule has 0 atom stereocenters. The number of hydrogen-bond donors (Lipinski definition) is 1. The minimum absolute atomic E-state index is 0.123. The van der Waals surface area contributed by atoms with Gasteiger partial charge >= 0.3 is 0 Å². The predicted octanol–water partition coefficient (Wildman–Crippen LogP) is 5.39. The van der Waals surface area contributed by atoms with Gasteiger partial charge in [-0.1, -0.05) is 23.9 Å². The van der Waals surface area contributed by atoms with Crippen molar-refractivity contribution in [2.75, 3.05) is 11.1 Å². The quantitative estimate of drug-likeness (QED) is 0.375. The largest absolute Gasteiger partial charge is 0.461 e. The first-order valence-corrected chi connectivity index (χ1v) is 10.8. The van der Waals surface area contributed by atoms with Crippen LogP contribution in [0.4, 0.5) is 5.69 Å². The monoisotopic (exact) mass is 434 g/mol. The van der Waals surface area contributed by atoms with Gasteiger partial charge in [-0.3, -0.25) is 9.36 Å². The molecule has 1 N–H and O–H groups in total. The number of carbonyl (C=O) groups excluding carboxylic acids is 1. The molecule has 2 aromatic heterocycles. The van der Waals surface area contributed by atoms with Gasteiger partial charge in [-0.25, -0.2) is 0 Å². The Morgan fingerprint density at radius 1 is 1.10 bits per heavy atom. The molecule has 0 unspecified atom stereocenters. The van der Waals surface area contributed by atoms with Crippen LogP contribution < -0.4 is 10.1 Å². The average Bonchev–Trinajstić information content (AvgIpc) is 3.43. The number of nitrogens with zero attached hydrogens (tertiary/aromatic N) is 3. The van der Waals surface area contributed by atoms with Gasteiger partial charge in [0.2, 0.25) is 5.91 Å². The first-order valence-electron chi connectivity index (χ1n) is 9.86. The fourth-order valence-corrected chi connectivity index (χ4v) is 3.82. The van der Waals surface area contributed by atoms with E-state index in [4.69, 9.17) is 9.15 Å². The number of benzene rings is 2. The van der Waals surface area contributed by atoms with Crippen molar-refractivity contribution < 1.29 is 13.9 Å². The summed E-state index contributed by atoms with van der Waals surface area (Å²) < 4.78 is 13.2. The number of amides is 1. The van der Waals surface area contributed by atoms with Gasteiger partial charge in [0.1, 0.15) is 11.5 Å². The zero-order chi connectivity index (χ0) is 21.6. The summed E-state index contributed by atoms with van der Waals surface area (Å²) in [6.07, 6.45) is 1.60. The molecular formula is C23H22N4O3S. The summed E-state index contributed by atoms with van der Waals surface area (Å²) in [5.74, 6) is 2.89. The number of nitrogens with one attached hydrogen (secondary N) is 1. The number of ether oxygens (including phenoxy) is 1. The van der Waals surface area contributed by atoms with E-state index in [0.717, 1.165) is 11.3 Å². The van der Waals surface area contributed by atoms with Crippen molar-refractivity contribution in [1.82, 2.24) is 14.8 Å². The highest BCUT2D eigenvalue weighted by Crippen LogP contribution is 2.26. The van der Waals surface area contributed by atoms with Crippen LogP contribution in [0.15, 0.2) is 76.5 Å². The van der Waals surface area contributed by atoms with E-state index in [1.54, 1.807) is 6.26 Å². The molecule has 0 saturated heterocycles. The average molecular weight is 435 g/mol. The molecule has 1 amide bonds. The van der Waals surface area contributed by atoms with Gasteiger partial charge < -0.3 is 14.5 Å². The topological polar surface area (TPSA) is 82.2 Å². The normalized spacial score (nSPS) is 10.8. The molecule has 0 fully saturated rings. The second-order valence-corrected chi connectivity index (χ2v) is 7.75. The van der Waals surface area contributed by atoms with E-state index < -0.39 is 0 Å². The third-order valence-corrected chi connectivity index (χ3v) is 5.44. The Morgan fingerprint density at radius 3 is 2.65 bits per heavy atom. The summed E-state index contributed by atoms with van der Waals surface area (Å²) in [7, 11) is 0. The molecule has 0 bridgehead atoms. The zero-order valence-electron chi connectivity index (χ0n) is 17.2. The lowest BCUT2D eigenvalue weighted by atomic mass is 10.2. The number of anilines is 1. The van der Waals surface area contributed by atoms with Crippen molar-refractivity contribution in [2.45, 2.75) is 25.5 Å². The van der Waals surface area contributed by atoms with Gasteiger partial charge in [-0.15, -0.1) is 10.2 Å². The lowest BCUT2D eigenvalue weighted by Gasteiger charge is -2.09. The van der Waals surface area contributed by atoms with E-state index in [9.17, 15) is 4.79 Å². The lowest BCUT2D eigenvalue weighted by Crippen LogP contribution is -2.14. The zero-order valence-corrected chi connectivity index (χ0v) is 18.1. The van der Waals surface area contributed by atoms with Crippen LogP contribution in [-0.2, 0) is 11.3 Å². The van der Waals surface area contributed by atoms with Crippen LogP contribution >= 0.6 is 11.8 Å². The number of aromatic nitrogens is 3. The lowest BCUT2D eigenvalue weighted by molar-refractivity contribution is -0.113. The maximum atomic E-state index is 12.4. The van der Waals surface area contributed by atoms with Crippen LogP contribution in [0.3, 0.4) is 0 Å². The van der Waals surface area contributed by atoms with Crippen LogP contribution in [0.1, 0.15) is 12.5 Å². The molecule has 4 aromatic rings. The Morgan fingerprint density at radius 2 is 1.94 bits per heavy atom. The Balaban J connectivity index is 1.33. The molecule has 2 aromatic carbocycles. The molecule has 2 heterocycles. The van der Waals surface area contributed by atoms with E-state index in [2.05, 4.69) is 15.5 Å². The van der Waals surface area contributed by atoms with Gasteiger partial charge in [0.25, 0.3) is 0 Å². The molecule has 158 valence electrons. The summed E-state index contributed by atoms with van der Waals surface area (Å²) in [6, 6.07) is 18.8. The van der Waals surface area contributed by atoms with Crippen LogP contribution in [0.25, 0.3) is 11.6 Å². The highest BCUT2D eigenvalue weighted by Gasteiger charge is 2.16. The summed E-state index contributed by atoms with van der Waals surface area (Å²) in [6.45, 7) is 4.69. The van der Waals surface area contributed by atoms with Crippen molar-refractivity contribution in [3.8, 4) is 23.1 Å². The molecule has 4 rings (SSSR count). The van der Waals surface area contributed by atoms with Crippen molar-refractivity contribution in [3.63, 3.8) is 0 Å². The Labute approximate surface area is 184 Å². The maximum absolute atomic E-state index is 12.4. The predicted molar refractivity (Wildman–Crippen MR) is 120 cm³/mol. The SMILES string of the molecule is CCn1c(SCC(=O)Nc2ccc(Oc3cccc(C)c3)cc2)nnc1-c1ccco1. The molecule has 0 aliphatic heterocycles. The number of aryl methyl sites for hydroxylation is 1. The number of furan rings is 1. The standard InChI is InChI=1S/C23H22N4O3S/c1-3-27-22(20-8-5-13-29-20)25-26-23(27)31-15-21(28)24-17-9-11-18(12-10-17)30-19-7-4-6-16(2)14-19/h4-14H,3,15H2,1-2H3,(H,24,28). The molecule has 31 heavy (non-hydrogen) atoms. The fraction of sp³-hybridized carbons (Fsp3) is 0.174. The summed E-state index contributed by atoms with van der Waals surface area (Å²) in [5.41, 5.74) is 1.84. The number of thioether (sulfide) groups is 1. The Kier molecular flexibility index (Phi) is 6.37. The second kappa shape index (κ2) is 9.53. The van der Waals surface area contributed by atoms with E-state index in [0.29, 0.717) is 34.7 Å². The van der Waals surface area contributed by atoms with Crippen molar-refractivity contribution in [2.24, 2.45) is 0 Å². The van der Waals surface area contributed by atoms with Crippen molar-refractivity contribution >= 4 is 23.4 Å². The van der Waals surface area contributed by atoms with E-state index in [1.165, 1.54) is 11.8 Å². The van der Waals surface area contributed by atoms with Crippen molar-refractivity contribution in [1.29, 1.82) is 0 Å². The Hall–Kier alpha value is -3.52.